The Bertz CT molecular complexity index is 537. The number of benzene rings is 1. The summed E-state index contributed by atoms with van der Waals surface area (Å²) in [6.45, 7) is 1.67. The van der Waals surface area contributed by atoms with E-state index < -0.39 is 4.92 Å². The fourth-order valence-corrected chi connectivity index (χ4v) is 2.75. The number of nitro benzene ring substituents is 1. The summed E-state index contributed by atoms with van der Waals surface area (Å²) < 4.78 is 5.47. The van der Waals surface area contributed by atoms with Gasteiger partial charge in [0.2, 0.25) is 0 Å². The molecule has 0 bridgehead atoms. The van der Waals surface area contributed by atoms with Crippen molar-refractivity contribution in [2.45, 2.75) is 51.5 Å². The normalized spacial score (nSPS) is 15.9. The molecule has 120 valence electrons. The van der Waals surface area contributed by atoms with Gasteiger partial charge < -0.3 is 10.1 Å². The molecule has 1 saturated carbocycles. The van der Waals surface area contributed by atoms with Gasteiger partial charge in [0.05, 0.1) is 4.92 Å². The highest BCUT2D eigenvalue weighted by Gasteiger charge is 2.15. The van der Waals surface area contributed by atoms with Crippen molar-refractivity contribution < 1.29 is 14.5 Å². The number of amides is 1. The van der Waals surface area contributed by atoms with Crippen molar-refractivity contribution in [2.24, 2.45) is 0 Å². The molecular weight excluding hydrogens is 284 g/mol. The number of carbonyl (C=O) groups excluding carboxylic acids is 1. The van der Waals surface area contributed by atoms with Crippen molar-refractivity contribution in [1.29, 1.82) is 0 Å². The van der Waals surface area contributed by atoms with Crippen LogP contribution in [0.15, 0.2) is 18.2 Å². The summed E-state index contributed by atoms with van der Waals surface area (Å²) in [5.41, 5.74) is 0.671. The Morgan fingerprint density at radius 3 is 2.59 bits per heavy atom. The minimum Gasteiger partial charge on any atom is -0.484 e. The zero-order chi connectivity index (χ0) is 15.9. The maximum Gasteiger partial charge on any atom is 0.269 e. The standard InChI is InChI=1S/C16H22N2O4/c1-12-10-14(18(20)21)8-9-15(12)22-11-16(19)17-13-6-4-2-3-5-7-13/h8-10,13H,2-7,11H2,1H3,(H,17,19). The van der Waals surface area contributed by atoms with E-state index in [0.29, 0.717) is 11.3 Å². The van der Waals surface area contributed by atoms with Gasteiger partial charge in [-0.05, 0) is 31.4 Å². The summed E-state index contributed by atoms with van der Waals surface area (Å²) in [5, 5.41) is 13.7. The Balaban J connectivity index is 1.84. The molecule has 6 heteroatoms. The second-order valence-corrected chi connectivity index (χ2v) is 5.75. The first-order chi connectivity index (χ1) is 10.6. The molecule has 1 N–H and O–H groups in total. The highest BCUT2D eigenvalue weighted by molar-refractivity contribution is 5.77. The predicted molar refractivity (Wildman–Crippen MR) is 83.0 cm³/mol. The Morgan fingerprint density at radius 1 is 1.32 bits per heavy atom. The molecular formula is C16H22N2O4. The zero-order valence-corrected chi connectivity index (χ0v) is 12.8. The number of nitrogens with zero attached hydrogens (tertiary/aromatic N) is 1. The lowest BCUT2D eigenvalue weighted by molar-refractivity contribution is -0.384. The Kier molecular flexibility index (Phi) is 5.75. The maximum absolute atomic E-state index is 11.9. The number of non-ortho nitro benzene ring substituents is 1. The number of aryl methyl sites for hydroxylation is 1. The molecule has 1 aromatic rings. The van der Waals surface area contributed by atoms with Crippen molar-refractivity contribution in [3.63, 3.8) is 0 Å². The average Bonchev–Trinajstić information content (AvgIpc) is 2.74. The lowest BCUT2D eigenvalue weighted by Crippen LogP contribution is -2.37. The number of carbonyl (C=O) groups is 1. The van der Waals surface area contributed by atoms with Gasteiger partial charge in [-0.3, -0.25) is 14.9 Å². The molecule has 0 unspecified atom stereocenters. The smallest absolute Gasteiger partial charge is 0.269 e. The van der Waals surface area contributed by atoms with Gasteiger partial charge in [-0.25, -0.2) is 0 Å². The second-order valence-electron chi connectivity index (χ2n) is 5.75. The average molecular weight is 306 g/mol. The molecule has 1 amide bonds. The molecule has 1 aliphatic rings. The monoisotopic (exact) mass is 306 g/mol. The van der Waals surface area contributed by atoms with E-state index in [1.54, 1.807) is 6.92 Å². The summed E-state index contributed by atoms with van der Waals surface area (Å²) in [6, 6.07) is 4.60. The lowest BCUT2D eigenvalue weighted by atomic mass is 10.1. The van der Waals surface area contributed by atoms with Gasteiger partial charge in [0.1, 0.15) is 5.75 Å². The van der Waals surface area contributed by atoms with Crippen LogP contribution in [0.3, 0.4) is 0 Å². The highest BCUT2D eigenvalue weighted by Crippen LogP contribution is 2.23. The molecule has 0 aromatic heterocycles. The van der Waals surface area contributed by atoms with E-state index in [4.69, 9.17) is 4.74 Å². The van der Waals surface area contributed by atoms with Crippen LogP contribution in [-0.2, 0) is 4.79 Å². The van der Waals surface area contributed by atoms with Gasteiger partial charge in [0.15, 0.2) is 6.61 Å². The number of ether oxygens (including phenoxy) is 1. The molecule has 0 saturated heterocycles. The van der Waals surface area contributed by atoms with Crippen LogP contribution < -0.4 is 10.1 Å². The number of hydrogen-bond acceptors (Lipinski definition) is 4. The van der Waals surface area contributed by atoms with E-state index in [-0.39, 0.29) is 24.2 Å². The first kappa shape index (κ1) is 16.3. The van der Waals surface area contributed by atoms with Crippen LogP contribution in [0.25, 0.3) is 0 Å². The van der Waals surface area contributed by atoms with Crippen molar-refractivity contribution in [2.75, 3.05) is 6.61 Å². The van der Waals surface area contributed by atoms with Crippen LogP contribution in [0.1, 0.15) is 44.1 Å². The fourth-order valence-electron chi connectivity index (χ4n) is 2.75. The second kappa shape index (κ2) is 7.77. The van der Waals surface area contributed by atoms with Crippen molar-refractivity contribution in [3.05, 3.63) is 33.9 Å². The molecule has 0 heterocycles. The maximum atomic E-state index is 11.9. The summed E-state index contributed by atoms with van der Waals surface area (Å²) in [5.74, 6) is 0.367. The van der Waals surface area contributed by atoms with Crippen LogP contribution in [-0.4, -0.2) is 23.5 Å². The van der Waals surface area contributed by atoms with Crippen LogP contribution >= 0.6 is 0 Å². The molecule has 6 nitrogen and oxygen atoms in total. The van der Waals surface area contributed by atoms with Crippen molar-refractivity contribution >= 4 is 11.6 Å². The summed E-state index contributed by atoms with van der Waals surface area (Å²) in [6.07, 6.45) is 6.86. The molecule has 1 aromatic carbocycles. The van der Waals surface area contributed by atoms with Gasteiger partial charge >= 0.3 is 0 Å². The molecule has 0 atom stereocenters. The third kappa shape index (κ3) is 4.72. The number of nitrogens with one attached hydrogen (secondary N) is 1. The fraction of sp³-hybridized carbons (Fsp3) is 0.562. The van der Waals surface area contributed by atoms with Crippen molar-refractivity contribution in [1.82, 2.24) is 5.32 Å². The summed E-state index contributed by atoms with van der Waals surface area (Å²) >= 11 is 0. The van der Waals surface area contributed by atoms with Gasteiger partial charge in [-0.15, -0.1) is 0 Å². The zero-order valence-electron chi connectivity index (χ0n) is 12.8. The third-order valence-corrected chi connectivity index (χ3v) is 3.95. The topological polar surface area (TPSA) is 81.5 Å². The van der Waals surface area contributed by atoms with E-state index in [1.807, 2.05) is 0 Å². The lowest BCUT2D eigenvalue weighted by Gasteiger charge is -2.16. The first-order valence-electron chi connectivity index (χ1n) is 7.73. The van der Waals surface area contributed by atoms with Crippen LogP contribution in [0.2, 0.25) is 0 Å². The van der Waals surface area contributed by atoms with Gasteiger partial charge in [0.25, 0.3) is 11.6 Å². The van der Waals surface area contributed by atoms with Crippen LogP contribution in [0.4, 0.5) is 5.69 Å². The molecule has 0 aliphatic heterocycles. The molecule has 0 radical (unpaired) electrons. The van der Waals surface area contributed by atoms with E-state index in [9.17, 15) is 14.9 Å². The van der Waals surface area contributed by atoms with E-state index in [0.717, 1.165) is 25.7 Å². The van der Waals surface area contributed by atoms with Gasteiger partial charge in [-0.1, -0.05) is 25.7 Å². The minimum absolute atomic E-state index is 0.0211. The Labute approximate surface area is 130 Å². The highest BCUT2D eigenvalue weighted by atomic mass is 16.6. The first-order valence-corrected chi connectivity index (χ1v) is 7.73. The largest absolute Gasteiger partial charge is 0.484 e. The quantitative estimate of drug-likeness (QED) is 0.515. The molecule has 2 rings (SSSR count). The molecule has 0 spiro atoms. The molecule has 1 fully saturated rings. The van der Waals surface area contributed by atoms with Crippen LogP contribution in [0.5, 0.6) is 5.75 Å². The molecule has 1 aliphatic carbocycles. The number of nitro groups is 1. The van der Waals surface area contributed by atoms with E-state index in [1.165, 1.54) is 31.0 Å². The SMILES string of the molecule is Cc1cc([N+](=O)[O-])ccc1OCC(=O)NC1CCCCCC1. The number of rotatable bonds is 5. The Morgan fingerprint density at radius 2 is 2.00 bits per heavy atom. The number of hydrogen-bond donors (Lipinski definition) is 1. The summed E-state index contributed by atoms with van der Waals surface area (Å²) in [4.78, 5) is 22.2. The van der Waals surface area contributed by atoms with Gasteiger partial charge in [-0.2, -0.15) is 0 Å². The van der Waals surface area contributed by atoms with Crippen molar-refractivity contribution in [3.8, 4) is 5.75 Å². The minimum atomic E-state index is -0.449. The third-order valence-electron chi connectivity index (χ3n) is 3.95. The van der Waals surface area contributed by atoms with Crippen LogP contribution in [0, 0.1) is 17.0 Å². The Hall–Kier alpha value is -2.11. The van der Waals surface area contributed by atoms with E-state index in [2.05, 4.69) is 5.32 Å². The predicted octanol–water partition coefficient (Wildman–Crippen LogP) is 3.12. The van der Waals surface area contributed by atoms with Gasteiger partial charge in [0, 0.05) is 18.2 Å². The summed E-state index contributed by atoms with van der Waals surface area (Å²) in [7, 11) is 0. The van der Waals surface area contributed by atoms with E-state index >= 15 is 0 Å². The molecule has 22 heavy (non-hydrogen) atoms.